The van der Waals surface area contributed by atoms with Gasteiger partial charge in [-0.15, -0.1) is 10.2 Å². The van der Waals surface area contributed by atoms with Crippen LogP contribution in [0.2, 0.25) is 0 Å². The molecule has 2 aliphatic rings. The van der Waals surface area contributed by atoms with E-state index in [1.165, 1.54) is 5.56 Å². The lowest BCUT2D eigenvalue weighted by Crippen LogP contribution is -2.41. The van der Waals surface area contributed by atoms with Crippen molar-refractivity contribution in [2.24, 2.45) is 5.92 Å². The topological polar surface area (TPSA) is 33.4 Å². The Morgan fingerprint density at radius 2 is 1.79 bits per heavy atom. The van der Waals surface area contributed by atoms with Crippen LogP contribution < -0.4 is 4.90 Å². The Labute approximate surface area is 163 Å². The maximum Gasteiger partial charge on any atom is 0.252 e. The molecule has 1 aliphatic heterocycles. The molecule has 2 fully saturated rings. The molecule has 0 radical (unpaired) electrons. The van der Waals surface area contributed by atoms with Gasteiger partial charge in [0, 0.05) is 49.8 Å². The van der Waals surface area contributed by atoms with Crippen LogP contribution in [0.1, 0.15) is 37.6 Å². The molecule has 0 N–H and O–H groups in total. The second-order valence-electron chi connectivity index (χ2n) is 8.51. The number of aromatic nitrogens is 3. The Kier molecular flexibility index (Phi) is 3.93. The molecule has 1 aromatic carbocycles. The molecule has 1 saturated carbocycles. The molecule has 146 valence electrons. The quantitative estimate of drug-likeness (QED) is 0.667. The summed E-state index contributed by atoms with van der Waals surface area (Å²) in [5.41, 5.74) is 3.47. The van der Waals surface area contributed by atoms with E-state index in [4.69, 9.17) is 0 Å². The summed E-state index contributed by atoms with van der Waals surface area (Å²) < 4.78 is 28.3. The number of piperidine rings is 1. The zero-order valence-corrected chi connectivity index (χ0v) is 16.0. The predicted octanol–water partition coefficient (Wildman–Crippen LogP) is 4.49. The van der Waals surface area contributed by atoms with Crippen molar-refractivity contribution in [1.29, 1.82) is 0 Å². The highest BCUT2D eigenvalue weighted by Crippen LogP contribution is 2.50. The van der Waals surface area contributed by atoms with Crippen LogP contribution in [-0.4, -0.2) is 33.6 Å². The van der Waals surface area contributed by atoms with Gasteiger partial charge in [0.05, 0.1) is 0 Å². The third-order valence-electron chi connectivity index (χ3n) is 6.55. The van der Waals surface area contributed by atoms with E-state index in [0.29, 0.717) is 5.82 Å². The lowest BCUT2D eigenvalue weighted by molar-refractivity contribution is 0.0984. The number of hydrogen-bond acceptors (Lipinski definition) is 3. The lowest BCUT2D eigenvalue weighted by Gasteiger charge is -2.41. The predicted molar refractivity (Wildman–Crippen MR) is 105 cm³/mol. The van der Waals surface area contributed by atoms with E-state index < -0.39 is 11.8 Å². The number of alkyl halides is 2. The highest BCUT2D eigenvalue weighted by atomic mass is 19.3. The van der Waals surface area contributed by atoms with Gasteiger partial charge in [-0.2, -0.15) is 0 Å². The fourth-order valence-electron chi connectivity index (χ4n) is 4.36. The highest BCUT2D eigenvalue weighted by Gasteiger charge is 2.56. The van der Waals surface area contributed by atoms with Gasteiger partial charge >= 0.3 is 0 Å². The van der Waals surface area contributed by atoms with Gasteiger partial charge < -0.3 is 4.90 Å². The zero-order chi connectivity index (χ0) is 19.4. The molecule has 1 unspecified atom stereocenters. The summed E-state index contributed by atoms with van der Waals surface area (Å²) in [6.07, 6.45) is 4.36. The number of anilines is 1. The monoisotopic (exact) mass is 382 g/mol. The minimum Gasteiger partial charge on any atom is -0.371 e. The number of pyridine rings is 1. The average Bonchev–Trinajstić information content (AvgIpc) is 3.12. The molecule has 6 heteroatoms. The first-order valence-corrected chi connectivity index (χ1v) is 9.97. The molecule has 0 spiro atoms. The van der Waals surface area contributed by atoms with Crippen LogP contribution in [0.15, 0.2) is 48.7 Å². The maximum atomic E-state index is 13.2. The molecule has 0 bridgehead atoms. The zero-order valence-electron chi connectivity index (χ0n) is 16.0. The minimum absolute atomic E-state index is 0.0338. The summed E-state index contributed by atoms with van der Waals surface area (Å²) in [5.74, 6) is -2.48. The van der Waals surface area contributed by atoms with Gasteiger partial charge in [0.1, 0.15) is 5.82 Å². The summed E-state index contributed by atoms with van der Waals surface area (Å²) in [5, 5.41) is 8.37. The van der Waals surface area contributed by atoms with Crippen molar-refractivity contribution in [3.8, 4) is 0 Å². The second kappa shape index (κ2) is 6.26. The highest BCUT2D eigenvalue weighted by molar-refractivity contribution is 5.56. The standard InChI is InChI=1S/C22H24F2N4/c1-21(16-5-3-2-4-6-16)8-11-27(12-9-21)18-7-10-28-19(25-26-20(28)14-18)13-17-15-22(17,23)24/h2-7,10,14,17H,8-9,11-13,15H2,1H3. The molecule has 3 aromatic rings. The molecule has 5 rings (SSSR count). The fraction of sp³-hybridized carbons (Fsp3) is 0.455. The molecule has 1 atom stereocenters. The van der Waals surface area contributed by atoms with Gasteiger partial charge in [-0.3, -0.25) is 4.40 Å². The first-order chi connectivity index (χ1) is 13.4. The van der Waals surface area contributed by atoms with Gasteiger partial charge in [0.25, 0.3) is 5.92 Å². The van der Waals surface area contributed by atoms with Crippen LogP contribution in [0.25, 0.3) is 5.65 Å². The van der Waals surface area contributed by atoms with Crippen molar-refractivity contribution < 1.29 is 8.78 Å². The van der Waals surface area contributed by atoms with Gasteiger partial charge in [0.2, 0.25) is 0 Å². The molecule has 1 aliphatic carbocycles. The third-order valence-corrected chi connectivity index (χ3v) is 6.55. The van der Waals surface area contributed by atoms with E-state index in [0.717, 1.165) is 37.3 Å². The average molecular weight is 382 g/mol. The van der Waals surface area contributed by atoms with Crippen LogP contribution in [0.3, 0.4) is 0 Å². The SMILES string of the molecule is CC1(c2ccccc2)CCN(c2ccn3c(CC4CC4(F)F)nnc3c2)CC1. The van der Waals surface area contributed by atoms with Crippen molar-refractivity contribution in [3.63, 3.8) is 0 Å². The molecular formula is C22H24F2N4. The molecule has 4 nitrogen and oxygen atoms in total. The van der Waals surface area contributed by atoms with Crippen LogP contribution >= 0.6 is 0 Å². The Hall–Kier alpha value is -2.50. The normalized spacial score (nSPS) is 23.1. The summed E-state index contributed by atoms with van der Waals surface area (Å²) in [6.45, 7) is 4.31. The first-order valence-electron chi connectivity index (χ1n) is 9.97. The van der Waals surface area contributed by atoms with E-state index >= 15 is 0 Å². The number of halogens is 2. The molecular weight excluding hydrogens is 358 g/mol. The van der Waals surface area contributed by atoms with Gasteiger partial charge in [-0.25, -0.2) is 8.78 Å². The first kappa shape index (κ1) is 17.6. The van der Waals surface area contributed by atoms with Crippen molar-refractivity contribution in [1.82, 2.24) is 14.6 Å². The Bertz CT molecular complexity index is 990. The van der Waals surface area contributed by atoms with Crippen LogP contribution in [0.5, 0.6) is 0 Å². The van der Waals surface area contributed by atoms with Crippen LogP contribution in [0.4, 0.5) is 14.5 Å². The largest absolute Gasteiger partial charge is 0.371 e. The number of nitrogens with zero attached hydrogens (tertiary/aromatic N) is 4. The smallest absolute Gasteiger partial charge is 0.252 e. The van der Waals surface area contributed by atoms with Crippen molar-refractivity contribution in [3.05, 3.63) is 60.0 Å². The number of benzene rings is 1. The fourth-order valence-corrected chi connectivity index (χ4v) is 4.36. The Balaban J connectivity index is 1.31. The summed E-state index contributed by atoms with van der Waals surface area (Å²) in [4.78, 5) is 2.38. The number of rotatable bonds is 4. The van der Waals surface area contributed by atoms with E-state index in [1.54, 1.807) is 0 Å². The summed E-state index contributed by atoms with van der Waals surface area (Å²) in [7, 11) is 0. The van der Waals surface area contributed by atoms with E-state index in [9.17, 15) is 8.78 Å². The van der Waals surface area contributed by atoms with Crippen LogP contribution in [0, 0.1) is 5.92 Å². The van der Waals surface area contributed by atoms with E-state index in [2.05, 4.69) is 58.4 Å². The van der Waals surface area contributed by atoms with Gasteiger partial charge in [-0.05, 0) is 29.9 Å². The molecule has 2 aromatic heterocycles. The molecule has 3 heterocycles. The Morgan fingerprint density at radius 3 is 2.46 bits per heavy atom. The van der Waals surface area contributed by atoms with Gasteiger partial charge in [0.15, 0.2) is 5.65 Å². The van der Waals surface area contributed by atoms with Crippen molar-refractivity contribution >= 4 is 11.3 Å². The van der Waals surface area contributed by atoms with Gasteiger partial charge in [-0.1, -0.05) is 37.3 Å². The Morgan fingerprint density at radius 1 is 1.07 bits per heavy atom. The van der Waals surface area contributed by atoms with Crippen LogP contribution in [-0.2, 0) is 11.8 Å². The molecule has 0 amide bonds. The molecule has 1 saturated heterocycles. The summed E-state index contributed by atoms with van der Waals surface area (Å²) >= 11 is 0. The van der Waals surface area contributed by atoms with E-state index in [-0.39, 0.29) is 18.3 Å². The summed E-state index contributed by atoms with van der Waals surface area (Å²) in [6, 6.07) is 14.8. The third kappa shape index (κ3) is 3.05. The molecule has 28 heavy (non-hydrogen) atoms. The second-order valence-corrected chi connectivity index (χ2v) is 8.51. The number of fused-ring (bicyclic) bond motifs is 1. The van der Waals surface area contributed by atoms with Crippen molar-refractivity contribution in [2.45, 2.75) is 43.9 Å². The van der Waals surface area contributed by atoms with E-state index in [1.807, 2.05) is 16.7 Å². The maximum absolute atomic E-state index is 13.2. The lowest BCUT2D eigenvalue weighted by atomic mass is 9.74. The number of hydrogen-bond donors (Lipinski definition) is 0. The van der Waals surface area contributed by atoms with Crippen molar-refractivity contribution in [2.75, 3.05) is 18.0 Å². The minimum atomic E-state index is -2.52.